The van der Waals surface area contributed by atoms with Gasteiger partial charge in [-0.3, -0.25) is 9.36 Å². The van der Waals surface area contributed by atoms with Gasteiger partial charge in [0.1, 0.15) is 0 Å². The molecule has 0 amide bonds. The second kappa shape index (κ2) is 7.02. The van der Waals surface area contributed by atoms with Crippen LogP contribution in [0.15, 0.2) is 70.1 Å². The maximum absolute atomic E-state index is 12.9. The van der Waals surface area contributed by atoms with E-state index in [1.165, 1.54) is 17.3 Å². The number of halogens is 1. The zero-order chi connectivity index (χ0) is 16.2. The van der Waals surface area contributed by atoms with Crippen molar-refractivity contribution in [2.45, 2.75) is 12.1 Å². The minimum atomic E-state index is -0.0585. The molecule has 1 aromatic heterocycles. The molecule has 3 aromatic rings. The maximum atomic E-state index is 12.9. The minimum Gasteiger partial charge on any atom is -0.268 e. The Balaban J connectivity index is 2.23. The van der Waals surface area contributed by atoms with Gasteiger partial charge in [-0.1, -0.05) is 59.3 Å². The van der Waals surface area contributed by atoms with Gasteiger partial charge in [0, 0.05) is 11.3 Å². The summed E-state index contributed by atoms with van der Waals surface area (Å²) >= 11 is 7.07. The summed E-state index contributed by atoms with van der Waals surface area (Å²) in [6.07, 6.45) is 1.83. The summed E-state index contributed by atoms with van der Waals surface area (Å²) in [5.74, 6) is 0.653. The lowest BCUT2D eigenvalue weighted by molar-refractivity contribution is 0.820. The Kier molecular flexibility index (Phi) is 4.84. The molecule has 0 saturated carbocycles. The van der Waals surface area contributed by atoms with Crippen LogP contribution in [0.25, 0.3) is 16.6 Å². The van der Waals surface area contributed by atoms with E-state index in [1.54, 1.807) is 4.57 Å². The zero-order valence-corrected chi connectivity index (χ0v) is 14.1. The molecule has 0 N–H and O–H groups in total. The van der Waals surface area contributed by atoms with Gasteiger partial charge < -0.3 is 0 Å². The molecule has 0 bridgehead atoms. The summed E-state index contributed by atoms with van der Waals surface area (Å²) in [6, 6.07) is 15.3. The largest absolute Gasteiger partial charge is 0.268 e. The highest BCUT2D eigenvalue weighted by atomic mass is 35.5. The van der Waals surface area contributed by atoms with Crippen LogP contribution in [0, 0.1) is 6.92 Å². The van der Waals surface area contributed by atoms with Crippen molar-refractivity contribution >= 4 is 34.3 Å². The van der Waals surface area contributed by atoms with Crippen molar-refractivity contribution in [2.75, 3.05) is 5.75 Å². The fourth-order valence-corrected chi connectivity index (χ4v) is 3.31. The van der Waals surface area contributed by atoms with Gasteiger partial charge in [-0.05, 0) is 31.2 Å². The van der Waals surface area contributed by atoms with E-state index in [2.05, 4.69) is 4.98 Å². The van der Waals surface area contributed by atoms with Gasteiger partial charge in [0.2, 0.25) is 0 Å². The molecule has 1 heterocycles. The lowest BCUT2D eigenvalue weighted by atomic mass is 10.2. The Morgan fingerprint density at radius 2 is 1.91 bits per heavy atom. The molecule has 0 aliphatic heterocycles. The summed E-state index contributed by atoms with van der Waals surface area (Å²) in [5.41, 5.74) is 4.09. The Bertz CT molecular complexity index is 916. The number of benzene rings is 2. The van der Waals surface area contributed by atoms with E-state index < -0.39 is 0 Å². The predicted molar refractivity (Wildman–Crippen MR) is 97.8 cm³/mol. The zero-order valence-electron chi connectivity index (χ0n) is 12.6. The quantitative estimate of drug-likeness (QED) is 0.515. The average Bonchev–Trinajstić information content (AvgIpc) is 2.57. The van der Waals surface area contributed by atoms with Crippen LogP contribution in [-0.4, -0.2) is 15.3 Å². The highest BCUT2D eigenvalue weighted by Gasteiger charge is 2.12. The molecular weight excluding hydrogens is 328 g/mol. The van der Waals surface area contributed by atoms with Gasteiger partial charge in [-0.25, -0.2) is 4.98 Å². The van der Waals surface area contributed by atoms with Crippen molar-refractivity contribution in [1.29, 1.82) is 0 Å². The first-order chi connectivity index (χ1) is 11.2. The smallest absolute Gasteiger partial charge is 0.266 e. The highest BCUT2D eigenvalue weighted by molar-refractivity contribution is 7.99. The summed E-state index contributed by atoms with van der Waals surface area (Å²) in [7, 11) is 0. The molecule has 0 aliphatic carbocycles. The third-order valence-electron chi connectivity index (χ3n) is 3.43. The molecule has 0 atom stereocenters. The fourth-order valence-electron chi connectivity index (χ4n) is 2.29. The lowest BCUT2D eigenvalue weighted by Crippen LogP contribution is -2.21. The summed E-state index contributed by atoms with van der Waals surface area (Å²) in [6.45, 7) is 2.02. The lowest BCUT2D eigenvalue weighted by Gasteiger charge is -2.12. The molecule has 2 aromatic carbocycles. The number of hydrogen-bond donors (Lipinski definition) is 0. The standard InChI is InChI=1S/C18H15ClN2OS/c1-13-7-9-14(10-8-13)21-17(22)15-5-2-3-6-16(15)20-18(21)23-12-4-11-19/h2-11H,12H2,1H3/b11-4+. The molecule has 3 nitrogen and oxygen atoms in total. The second-order valence-electron chi connectivity index (χ2n) is 5.06. The molecule has 0 aliphatic rings. The molecule has 3 rings (SSSR count). The number of rotatable bonds is 4. The molecule has 0 fully saturated rings. The van der Waals surface area contributed by atoms with Crippen molar-refractivity contribution in [3.05, 3.63) is 76.1 Å². The Morgan fingerprint density at radius 3 is 2.65 bits per heavy atom. The number of aromatic nitrogens is 2. The monoisotopic (exact) mass is 342 g/mol. The number of nitrogens with zero attached hydrogens (tertiary/aromatic N) is 2. The molecule has 0 radical (unpaired) electrons. The number of para-hydroxylation sites is 1. The van der Waals surface area contributed by atoms with Crippen LogP contribution in [0.4, 0.5) is 0 Å². The van der Waals surface area contributed by atoms with Gasteiger partial charge in [-0.15, -0.1) is 0 Å². The van der Waals surface area contributed by atoms with Crippen LogP contribution >= 0.6 is 23.4 Å². The molecule has 23 heavy (non-hydrogen) atoms. The van der Waals surface area contributed by atoms with Crippen molar-refractivity contribution in [2.24, 2.45) is 0 Å². The van der Waals surface area contributed by atoms with Crippen molar-refractivity contribution < 1.29 is 0 Å². The van der Waals surface area contributed by atoms with Gasteiger partial charge in [0.05, 0.1) is 16.6 Å². The first-order valence-corrected chi connectivity index (χ1v) is 8.60. The Hall–Kier alpha value is -2.04. The molecule has 5 heteroatoms. The van der Waals surface area contributed by atoms with Gasteiger partial charge >= 0.3 is 0 Å². The van der Waals surface area contributed by atoms with Crippen LogP contribution in [-0.2, 0) is 0 Å². The average molecular weight is 343 g/mol. The second-order valence-corrected chi connectivity index (χ2v) is 6.30. The summed E-state index contributed by atoms with van der Waals surface area (Å²) < 4.78 is 1.66. The normalized spacial score (nSPS) is 11.4. The van der Waals surface area contributed by atoms with E-state index in [1.807, 2.05) is 61.5 Å². The van der Waals surface area contributed by atoms with Crippen molar-refractivity contribution in [3.8, 4) is 5.69 Å². The van der Waals surface area contributed by atoms with E-state index in [9.17, 15) is 4.79 Å². The maximum Gasteiger partial charge on any atom is 0.266 e. The molecule has 116 valence electrons. The first kappa shape index (κ1) is 15.8. The van der Waals surface area contributed by atoms with E-state index in [0.29, 0.717) is 21.8 Å². The Morgan fingerprint density at radius 1 is 1.17 bits per heavy atom. The number of fused-ring (bicyclic) bond motifs is 1. The summed E-state index contributed by atoms with van der Waals surface area (Å²) in [4.78, 5) is 17.6. The molecule has 0 saturated heterocycles. The van der Waals surface area contributed by atoms with Crippen LogP contribution in [0.3, 0.4) is 0 Å². The van der Waals surface area contributed by atoms with Crippen LogP contribution in [0.1, 0.15) is 5.56 Å². The number of hydrogen-bond acceptors (Lipinski definition) is 3. The van der Waals surface area contributed by atoms with E-state index in [4.69, 9.17) is 11.6 Å². The first-order valence-electron chi connectivity index (χ1n) is 7.17. The molecule has 0 spiro atoms. The van der Waals surface area contributed by atoms with Crippen LogP contribution in [0.5, 0.6) is 0 Å². The van der Waals surface area contributed by atoms with Crippen molar-refractivity contribution in [1.82, 2.24) is 9.55 Å². The van der Waals surface area contributed by atoms with Crippen LogP contribution in [0.2, 0.25) is 0 Å². The summed E-state index contributed by atoms with van der Waals surface area (Å²) in [5, 5.41) is 1.28. The Labute approximate surface area is 143 Å². The SMILES string of the molecule is Cc1ccc(-n2c(SC/C=C/Cl)nc3ccccc3c2=O)cc1. The van der Waals surface area contributed by atoms with Crippen LogP contribution < -0.4 is 5.56 Å². The third-order valence-corrected chi connectivity index (χ3v) is 4.50. The molecule has 0 unspecified atom stereocenters. The highest BCUT2D eigenvalue weighted by Crippen LogP contribution is 2.21. The van der Waals surface area contributed by atoms with Gasteiger partial charge in [0.15, 0.2) is 5.16 Å². The number of thioether (sulfide) groups is 1. The predicted octanol–water partition coefficient (Wildman–Crippen LogP) is 4.54. The van der Waals surface area contributed by atoms with E-state index >= 15 is 0 Å². The van der Waals surface area contributed by atoms with Gasteiger partial charge in [-0.2, -0.15) is 0 Å². The van der Waals surface area contributed by atoms with Crippen molar-refractivity contribution in [3.63, 3.8) is 0 Å². The number of aryl methyl sites for hydroxylation is 1. The molecular formula is C18H15ClN2OS. The van der Waals surface area contributed by atoms with Gasteiger partial charge in [0.25, 0.3) is 5.56 Å². The van der Waals surface area contributed by atoms with E-state index in [0.717, 1.165) is 11.3 Å². The topological polar surface area (TPSA) is 34.9 Å². The minimum absolute atomic E-state index is 0.0585. The third kappa shape index (κ3) is 3.33. The fraction of sp³-hybridized carbons (Fsp3) is 0.111. The van der Waals surface area contributed by atoms with E-state index in [-0.39, 0.29) is 5.56 Å².